The van der Waals surface area contributed by atoms with E-state index in [4.69, 9.17) is 10.2 Å². The molecule has 9 nitrogen and oxygen atoms in total. The summed E-state index contributed by atoms with van der Waals surface area (Å²) in [4.78, 5) is 41.1. The van der Waals surface area contributed by atoms with Gasteiger partial charge in [0.05, 0.1) is 0 Å². The highest BCUT2D eigenvalue weighted by molar-refractivity contribution is 5.90. The fourth-order valence-corrected chi connectivity index (χ4v) is 3.10. The van der Waals surface area contributed by atoms with Gasteiger partial charge in [-0.1, -0.05) is 18.2 Å². The molecule has 0 spiro atoms. The van der Waals surface area contributed by atoms with E-state index >= 15 is 0 Å². The van der Waals surface area contributed by atoms with Crippen molar-refractivity contribution in [1.82, 2.24) is 10.3 Å². The molecule has 1 aliphatic heterocycles. The number of aromatic nitrogens is 1. The van der Waals surface area contributed by atoms with Crippen molar-refractivity contribution in [2.45, 2.75) is 24.9 Å². The molecule has 0 saturated carbocycles. The molecule has 1 aliphatic rings. The number of carboxylic acid groups (broad SMARTS) is 3. The van der Waals surface area contributed by atoms with Crippen LogP contribution in [0.3, 0.4) is 0 Å². The van der Waals surface area contributed by atoms with Crippen LogP contribution in [-0.2, 0) is 20.8 Å². The standard InChI is InChI=1S/C20H19N3O6/c24-18(25)15(9-12-10-22-14-4-2-1-3-13(12)14)21-6-5-11-7-16(19(26)27)23-17(8-11)20(28)29/h1-7,10,15,17,22-23H,8-9H2,(H,24,25)(H,26,27)(H,28,29)/b11-5-,21-6?/t15-,17+/m1/s1. The second-order valence-electron chi connectivity index (χ2n) is 6.56. The van der Waals surface area contributed by atoms with Crippen LogP contribution in [0.15, 0.2) is 58.9 Å². The average molecular weight is 397 g/mol. The summed E-state index contributed by atoms with van der Waals surface area (Å²) in [6, 6.07) is 5.42. The van der Waals surface area contributed by atoms with Crippen LogP contribution >= 0.6 is 0 Å². The summed E-state index contributed by atoms with van der Waals surface area (Å²) in [6.45, 7) is 0. The molecule has 150 valence electrons. The number of hydrogen-bond donors (Lipinski definition) is 5. The molecular formula is C20H19N3O6. The van der Waals surface area contributed by atoms with Gasteiger partial charge in [0.2, 0.25) is 0 Å². The van der Waals surface area contributed by atoms with Crippen molar-refractivity contribution in [3.63, 3.8) is 0 Å². The topological polar surface area (TPSA) is 152 Å². The summed E-state index contributed by atoms with van der Waals surface area (Å²) in [5.41, 5.74) is 1.91. The molecule has 0 aliphatic carbocycles. The van der Waals surface area contributed by atoms with Crippen LogP contribution in [0.1, 0.15) is 12.0 Å². The van der Waals surface area contributed by atoms with Gasteiger partial charge in [0.15, 0.2) is 6.04 Å². The summed E-state index contributed by atoms with van der Waals surface area (Å²) in [5.74, 6) is -3.55. The molecule has 0 unspecified atom stereocenters. The Labute approximate surface area is 165 Å². The molecule has 1 aromatic carbocycles. The van der Waals surface area contributed by atoms with Crippen LogP contribution < -0.4 is 5.32 Å². The number of aromatic amines is 1. The maximum atomic E-state index is 11.6. The third-order valence-corrected chi connectivity index (χ3v) is 4.56. The lowest BCUT2D eigenvalue weighted by atomic mass is 10.00. The van der Waals surface area contributed by atoms with Crippen molar-refractivity contribution in [1.29, 1.82) is 0 Å². The molecule has 29 heavy (non-hydrogen) atoms. The number of fused-ring (bicyclic) bond motifs is 1. The number of H-pyrrole nitrogens is 1. The van der Waals surface area contributed by atoms with E-state index < -0.39 is 30.0 Å². The number of para-hydroxylation sites is 1. The lowest BCUT2D eigenvalue weighted by molar-refractivity contribution is -0.140. The minimum Gasteiger partial charge on any atom is -0.480 e. The number of benzene rings is 1. The Hall–Kier alpha value is -3.88. The number of carboxylic acids is 3. The van der Waals surface area contributed by atoms with Gasteiger partial charge in [0, 0.05) is 36.2 Å². The van der Waals surface area contributed by atoms with Crippen molar-refractivity contribution in [2.24, 2.45) is 4.99 Å². The molecule has 5 N–H and O–H groups in total. The SMILES string of the molecule is O=C(O)C1=C/C(=C/C=N[C@H](Cc2c[nH]c3ccccc23)C(=O)O)C[C@@H](C(=O)O)N1. The lowest BCUT2D eigenvalue weighted by Gasteiger charge is -2.21. The fourth-order valence-electron chi connectivity index (χ4n) is 3.10. The van der Waals surface area contributed by atoms with Gasteiger partial charge in [-0.05, 0) is 29.4 Å². The summed E-state index contributed by atoms with van der Waals surface area (Å²) in [6.07, 6.45) is 6.00. The third kappa shape index (κ3) is 4.70. The number of aliphatic imine (C=N–C) groups is 1. The first kappa shape index (κ1) is 19.9. The van der Waals surface area contributed by atoms with Crippen molar-refractivity contribution < 1.29 is 29.7 Å². The molecule has 2 atom stereocenters. The van der Waals surface area contributed by atoms with Gasteiger partial charge in [-0.3, -0.25) is 4.99 Å². The first-order chi connectivity index (χ1) is 13.8. The number of nitrogens with one attached hydrogen (secondary N) is 2. The number of rotatable bonds is 7. The highest BCUT2D eigenvalue weighted by atomic mass is 16.4. The van der Waals surface area contributed by atoms with Crippen molar-refractivity contribution in [3.05, 3.63) is 59.4 Å². The van der Waals surface area contributed by atoms with Gasteiger partial charge in [-0.2, -0.15) is 0 Å². The van der Waals surface area contributed by atoms with Gasteiger partial charge in [0.25, 0.3) is 0 Å². The van der Waals surface area contributed by atoms with E-state index in [0.717, 1.165) is 16.5 Å². The smallest absolute Gasteiger partial charge is 0.351 e. The Balaban J connectivity index is 1.79. The number of nitrogens with zero attached hydrogens (tertiary/aromatic N) is 1. The van der Waals surface area contributed by atoms with Crippen molar-refractivity contribution in [3.8, 4) is 0 Å². The van der Waals surface area contributed by atoms with E-state index in [9.17, 15) is 19.5 Å². The maximum Gasteiger partial charge on any atom is 0.351 e. The van der Waals surface area contributed by atoms with E-state index in [1.54, 1.807) is 6.20 Å². The van der Waals surface area contributed by atoms with Crippen LogP contribution in [0.4, 0.5) is 0 Å². The number of aliphatic carboxylic acids is 3. The molecule has 2 aromatic rings. The van der Waals surface area contributed by atoms with E-state index in [-0.39, 0.29) is 18.5 Å². The van der Waals surface area contributed by atoms with Gasteiger partial charge in [0.1, 0.15) is 11.7 Å². The second-order valence-corrected chi connectivity index (χ2v) is 6.56. The minimum atomic E-state index is -1.28. The first-order valence-corrected chi connectivity index (χ1v) is 8.79. The number of carbonyl (C=O) groups is 3. The normalized spacial score (nSPS) is 19.1. The highest BCUT2D eigenvalue weighted by Crippen LogP contribution is 2.20. The fraction of sp³-hybridized carbons (Fsp3) is 0.200. The minimum absolute atomic E-state index is 0.0539. The predicted octanol–water partition coefficient (Wildman–Crippen LogP) is 1.58. The number of hydrogen-bond acceptors (Lipinski definition) is 5. The molecule has 0 radical (unpaired) electrons. The van der Waals surface area contributed by atoms with E-state index in [2.05, 4.69) is 15.3 Å². The van der Waals surface area contributed by atoms with Crippen LogP contribution in [0.2, 0.25) is 0 Å². The zero-order valence-corrected chi connectivity index (χ0v) is 15.2. The van der Waals surface area contributed by atoms with Gasteiger partial charge in [-0.15, -0.1) is 0 Å². The van der Waals surface area contributed by atoms with E-state index in [0.29, 0.717) is 5.57 Å². The first-order valence-electron chi connectivity index (χ1n) is 8.79. The molecule has 9 heteroatoms. The quantitative estimate of drug-likeness (QED) is 0.445. The van der Waals surface area contributed by atoms with Gasteiger partial charge >= 0.3 is 17.9 Å². The highest BCUT2D eigenvalue weighted by Gasteiger charge is 2.26. The number of allylic oxidation sites excluding steroid dienone is 2. The maximum absolute atomic E-state index is 11.6. The Morgan fingerprint density at radius 2 is 1.97 bits per heavy atom. The largest absolute Gasteiger partial charge is 0.480 e. The summed E-state index contributed by atoms with van der Waals surface area (Å²) < 4.78 is 0. The van der Waals surface area contributed by atoms with Crippen LogP contribution in [0.5, 0.6) is 0 Å². The zero-order valence-electron chi connectivity index (χ0n) is 15.2. The molecule has 1 aromatic heterocycles. The monoisotopic (exact) mass is 397 g/mol. The average Bonchev–Trinajstić information content (AvgIpc) is 3.09. The summed E-state index contributed by atoms with van der Waals surface area (Å²) >= 11 is 0. The second kappa shape index (κ2) is 8.42. The molecule has 2 heterocycles. The van der Waals surface area contributed by atoms with Gasteiger partial charge in [-0.25, -0.2) is 14.4 Å². The van der Waals surface area contributed by atoms with Crippen LogP contribution in [-0.4, -0.2) is 56.5 Å². The Bertz CT molecular complexity index is 1050. The molecule has 0 bridgehead atoms. The molecular weight excluding hydrogens is 378 g/mol. The van der Waals surface area contributed by atoms with Gasteiger partial charge < -0.3 is 25.6 Å². The molecule has 0 fully saturated rings. The van der Waals surface area contributed by atoms with Crippen LogP contribution in [0, 0.1) is 0 Å². The molecule has 3 rings (SSSR count). The van der Waals surface area contributed by atoms with E-state index in [1.807, 2.05) is 24.3 Å². The van der Waals surface area contributed by atoms with Crippen LogP contribution in [0.25, 0.3) is 10.9 Å². The lowest BCUT2D eigenvalue weighted by Crippen LogP contribution is -2.41. The van der Waals surface area contributed by atoms with E-state index in [1.165, 1.54) is 18.4 Å². The van der Waals surface area contributed by atoms with Crippen molar-refractivity contribution in [2.75, 3.05) is 0 Å². The Morgan fingerprint density at radius 1 is 1.21 bits per heavy atom. The Morgan fingerprint density at radius 3 is 2.66 bits per heavy atom. The Kier molecular flexibility index (Phi) is 5.77. The third-order valence-electron chi connectivity index (χ3n) is 4.56. The summed E-state index contributed by atoms with van der Waals surface area (Å²) in [7, 11) is 0. The zero-order chi connectivity index (χ0) is 21.0. The summed E-state index contributed by atoms with van der Waals surface area (Å²) in [5, 5.41) is 31.1. The molecule has 0 amide bonds. The molecule has 0 saturated heterocycles. The predicted molar refractivity (Wildman–Crippen MR) is 105 cm³/mol. The van der Waals surface area contributed by atoms with Crippen molar-refractivity contribution >= 4 is 35.0 Å².